The lowest BCUT2D eigenvalue weighted by molar-refractivity contribution is -0.130. The van der Waals surface area contributed by atoms with E-state index in [2.05, 4.69) is 4.99 Å². The molecule has 0 atom stereocenters. The van der Waals surface area contributed by atoms with Gasteiger partial charge in [-0.1, -0.05) is 0 Å². The SMILES string of the molecule is COc1ccc2c(C)c(C=C3N=C(C)OC3=O)oc2c1. The van der Waals surface area contributed by atoms with Crippen LogP contribution in [0.15, 0.2) is 33.3 Å². The minimum atomic E-state index is -0.458. The number of methoxy groups -OCH3 is 1. The molecule has 0 saturated heterocycles. The summed E-state index contributed by atoms with van der Waals surface area (Å²) < 4.78 is 15.8. The molecule has 1 aliphatic heterocycles. The smallest absolute Gasteiger partial charge is 0.363 e. The van der Waals surface area contributed by atoms with Gasteiger partial charge in [0.05, 0.1) is 7.11 Å². The van der Waals surface area contributed by atoms with Crippen molar-refractivity contribution in [3.05, 3.63) is 35.2 Å². The van der Waals surface area contributed by atoms with Gasteiger partial charge < -0.3 is 13.9 Å². The third kappa shape index (κ3) is 1.97. The van der Waals surface area contributed by atoms with Crippen molar-refractivity contribution in [2.24, 2.45) is 4.99 Å². The molecule has 20 heavy (non-hydrogen) atoms. The van der Waals surface area contributed by atoms with Gasteiger partial charge in [-0.05, 0) is 19.1 Å². The van der Waals surface area contributed by atoms with E-state index in [4.69, 9.17) is 13.9 Å². The number of esters is 1. The van der Waals surface area contributed by atoms with E-state index in [-0.39, 0.29) is 5.70 Å². The van der Waals surface area contributed by atoms with Gasteiger partial charge in [0.1, 0.15) is 17.1 Å². The summed E-state index contributed by atoms with van der Waals surface area (Å²) in [6, 6.07) is 5.61. The lowest BCUT2D eigenvalue weighted by Gasteiger charge is -1.97. The van der Waals surface area contributed by atoms with Gasteiger partial charge >= 0.3 is 5.97 Å². The predicted molar refractivity (Wildman–Crippen MR) is 74.7 cm³/mol. The van der Waals surface area contributed by atoms with Gasteiger partial charge in [0.15, 0.2) is 11.6 Å². The van der Waals surface area contributed by atoms with Crippen molar-refractivity contribution in [3.63, 3.8) is 0 Å². The molecule has 2 aromatic rings. The number of fused-ring (bicyclic) bond motifs is 1. The Morgan fingerprint density at radius 3 is 2.75 bits per heavy atom. The minimum Gasteiger partial charge on any atom is -0.497 e. The summed E-state index contributed by atoms with van der Waals surface area (Å²) >= 11 is 0. The Morgan fingerprint density at radius 2 is 2.10 bits per heavy atom. The van der Waals surface area contributed by atoms with Crippen molar-refractivity contribution < 1.29 is 18.7 Å². The second kappa shape index (κ2) is 4.52. The number of benzene rings is 1. The van der Waals surface area contributed by atoms with Gasteiger partial charge in [-0.3, -0.25) is 0 Å². The molecule has 1 aliphatic rings. The fourth-order valence-corrected chi connectivity index (χ4v) is 2.13. The summed E-state index contributed by atoms with van der Waals surface area (Å²) in [6.45, 7) is 3.57. The molecule has 0 unspecified atom stereocenters. The number of nitrogens with zero attached hydrogens (tertiary/aromatic N) is 1. The van der Waals surface area contributed by atoms with Crippen LogP contribution < -0.4 is 4.74 Å². The number of hydrogen-bond donors (Lipinski definition) is 0. The maximum atomic E-state index is 11.5. The average molecular weight is 271 g/mol. The van der Waals surface area contributed by atoms with E-state index in [1.807, 2.05) is 25.1 Å². The number of hydrogen-bond acceptors (Lipinski definition) is 5. The molecule has 102 valence electrons. The summed E-state index contributed by atoms with van der Waals surface area (Å²) in [6.07, 6.45) is 1.60. The highest BCUT2D eigenvalue weighted by molar-refractivity contribution is 6.06. The zero-order chi connectivity index (χ0) is 14.3. The summed E-state index contributed by atoms with van der Waals surface area (Å²) in [5, 5.41) is 0.977. The number of carbonyl (C=O) groups excluding carboxylic acids is 1. The molecule has 1 aromatic heterocycles. The molecule has 0 N–H and O–H groups in total. The standard InChI is InChI=1S/C15H13NO4/c1-8-11-5-4-10(18-3)6-14(11)20-13(8)7-12-15(17)19-9(2)16-12/h4-7H,1-3H3. The van der Waals surface area contributed by atoms with Crippen molar-refractivity contribution in [1.29, 1.82) is 0 Å². The van der Waals surface area contributed by atoms with Crippen molar-refractivity contribution in [1.82, 2.24) is 0 Å². The largest absolute Gasteiger partial charge is 0.497 e. The van der Waals surface area contributed by atoms with Gasteiger partial charge in [-0.15, -0.1) is 0 Å². The third-order valence-corrected chi connectivity index (χ3v) is 3.18. The first-order chi connectivity index (χ1) is 9.58. The van der Waals surface area contributed by atoms with Gasteiger partial charge in [0.25, 0.3) is 0 Å². The summed E-state index contributed by atoms with van der Waals surface area (Å²) in [5.74, 6) is 1.20. The molecule has 0 saturated carbocycles. The molecule has 0 amide bonds. The minimum absolute atomic E-state index is 0.247. The van der Waals surface area contributed by atoms with E-state index in [1.54, 1.807) is 20.1 Å². The van der Waals surface area contributed by atoms with Crippen molar-refractivity contribution in [2.75, 3.05) is 7.11 Å². The topological polar surface area (TPSA) is 61.0 Å². The Hall–Kier alpha value is -2.56. The first kappa shape index (κ1) is 12.5. The summed E-state index contributed by atoms with van der Waals surface area (Å²) in [4.78, 5) is 15.6. The lowest BCUT2D eigenvalue weighted by atomic mass is 10.1. The summed E-state index contributed by atoms with van der Waals surface area (Å²) in [5.41, 5.74) is 1.90. The van der Waals surface area contributed by atoms with E-state index in [0.717, 1.165) is 16.7 Å². The van der Waals surface area contributed by atoms with Gasteiger partial charge in [-0.25, -0.2) is 9.79 Å². The highest BCUT2D eigenvalue weighted by atomic mass is 16.6. The number of cyclic esters (lactones) is 1. The molecule has 0 aliphatic carbocycles. The van der Waals surface area contributed by atoms with Gasteiger partial charge in [0.2, 0.25) is 0 Å². The Bertz CT molecular complexity index is 768. The quantitative estimate of drug-likeness (QED) is 0.622. The molecular weight excluding hydrogens is 258 g/mol. The van der Waals surface area contributed by atoms with E-state index in [1.165, 1.54) is 0 Å². The van der Waals surface area contributed by atoms with E-state index in [9.17, 15) is 4.79 Å². The summed E-state index contributed by atoms with van der Waals surface area (Å²) in [7, 11) is 1.60. The number of aliphatic imine (C=N–C) groups is 1. The molecule has 3 rings (SSSR count). The zero-order valence-electron chi connectivity index (χ0n) is 11.4. The molecule has 2 heterocycles. The highest BCUT2D eigenvalue weighted by Gasteiger charge is 2.21. The average Bonchev–Trinajstić information content (AvgIpc) is 2.90. The Balaban J connectivity index is 2.11. The molecule has 5 nitrogen and oxygen atoms in total. The van der Waals surface area contributed by atoms with Crippen LogP contribution in [0.1, 0.15) is 18.2 Å². The Labute approximate surface area is 115 Å². The van der Waals surface area contributed by atoms with Crippen LogP contribution in [0.3, 0.4) is 0 Å². The fraction of sp³-hybridized carbons (Fsp3) is 0.200. The first-order valence-electron chi connectivity index (χ1n) is 6.15. The van der Waals surface area contributed by atoms with Crippen LogP contribution in [0.2, 0.25) is 0 Å². The second-order valence-electron chi connectivity index (χ2n) is 4.50. The van der Waals surface area contributed by atoms with Crippen LogP contribution in [-0.4, -0.2) is 19.0 Å². The van der Waals surface area contributed by atoms with Crippen LogP contribution >= 0.6 is 0 Å². The highest BCUT2D eigenvalue weighted by Crippen LogP contribution is 2.30. The van der Waals surface area contributed by atoms with Gasteiger partial charge in [0, 0.05) is 30.0 Å². The first-order valence-corrected chi connectivity index (χ1v) is 6.15. The third-order valence-electron chi connectivity index (χ3n) is 3.18. The zero-order valence-corrected chi connectivity index (χ0v) is 11.4. The van der Waals surface area contributed by atoms with Crippen molar-refractivity contribution in [2.45, 2.75) is 13.8 Å². The molecule has 5 heteroatoms. The van der Waals surface area contributed by atoms with Crippen LogP contribution in [0, 0.1) is 6.92 Å². The fourth-order valence-electron chi connectivity index (χ4n) is 2.13. The van der Waals surface area contributed by atoms with Crippen LogP contribution in [0.25, 0.3) is 17.0 Å². The second-order valence-corrected chi connectivity index (χ2v) is 4.50. The number of ether oxygens (including phenoxy) is 2. The van der Waals surface area contributed by atoms with Crippen LogP contribution in [0.5, 0.6) is 5.75 Å². The normalized spacial score (nSPS) is 16.6. The maximum Gasteiger partial charge on any atom is 0.363 e. The monoisotopic (exact) mass is 271 g/mol. The maximum absolute atomic E-state index is 11.5. The number of aryl methyl sites for hydroxylation is 1. The van der Waals surface area contributed by atoms with E-state index in [0.29, 0.717) is 17.2 Å². The van der Waals surface area contributed by atoms with Gasteiger partial charge in [-0.2, -0.15) is 0 Å². The van der Waals surface area contributed by atoms with Crippen LogP contribution in [0.4, 0.5) is 0 Å². The molecule has 0 fully saturated rings. The van der Waals surface area contributed by atoms with Crippen LogP contribution in [-0.2, 0) is 9.53 Å². The number of rotatable bonds is 2. The Morgan fingerprint density at radius 1 is 1.30 bits per heavy atom. The lowest BCUT2D eigenvalue weighted by Crippen LogP contribution is -1.99. The number of furan rings is 1. The number of carbonyl (C=O) groups is 1. The molecule has 0 radical (unpaired) electrons. The van der Waals surface area contributed by atoms with Crippen molar-refractivity contribution in [3.8, 4) is 5.75 Å². The molecular formula is C15H13NO4. The molecule has 0 bridgehead atoms. The molecule has 1 aromatic carbocycles. The van der Waals surface area contributed by atoms with E-state index < -0.39 is 5.97 Å². The Kier molecular flexibility index (Phi) is 2.82. The van der Waals surface area contributed by atoms with E-state index >= 15 is 0 Å². The predicted octanol–water partition coefficient (Wildman–Crippen LogP) is 3.07. The molecule has 0 spiro atoms. The van der Waals surface area contributed by atoms with Crippen molar-refractivity contribution >= 4 is 28.9 Å².